The molecule has 1 aromatic carbocycles. The largest absolute Gasteiger partial charge is 0.490 e. The number of pyridine rings is 1. The molecule has 1 saturated carbocycles. The molecule has 29 heavy (non-hydrogen) atoms. The minimum absolute atomic E-state index is 0.0909. The zero-order valence-corrected chi connectivity index (χ0v) is 17.0. The maximum atomic E-state index is 13.4. The number of para-hydroxylation sites is 1. The van der Waals surface area contributed by atoms with Crippen LogP contribution in [0.2, 0.25) is 5.02 Å². The van der Waals surface area contributed by atoms with Gasteiger partial charge in [-0.1, -0.05) is 42.6 Å². The molecule has 2 atom stereocenters. The summed E-state index contributed by atoms with van der Waals surface area (Å²) in [5, 5.41) is 0.515. The first-order chi connectivity index (χ1) is 14.1. The molecule has 0 unspecified atom stereocenters. The summed E-state index contributed by atoms with van der Waals surface area (Å²) in [5.41, 5.74) is 0.179. The zero-order valence-electron chi connectivity index (χ0n) is 16.3. The monoisotopic (exact) mass is 416 g/mol. The molecule has 6 nitrogen and oxygen atoms in total. The fourth-order valence-electron chi connectivity index (χ4n) is 4.24. The third kappa shape index (κ3) is 4.33. The fraction of sp³-hybridized carbons (Fsp3) is 0.455. The topological polar surface area (TPSA) is 60.8 Å². The predicted molar refractivity (Wildman–Crippen MR) is 111 cm³/mol. The van der Waals surface area contributed by atoms with Gasteiger partial charge in [-0.15, -0.1) is 0 Å². The Balaban J connectivity index is 1.52. The lowest BCUT2D eigenvalue weighted by Crippen LogP contribution is -2.55. The average Bonchev–Trinajstić information content (AvgIpc) is 2.75. The summed E-state index contributed by atoms with van der Waals surface area (Å²) in [7, 11) is 0. The lowest BCUT2D eigenvalue weighted by Gasteiger charge is -2.43. The van der Waals surface area contributed by atoms with Crippen LogP contribution in [0, 0.1) is 0 Å². The van der Waals surface area contributed by atoms with E-state index >= 15 is 0 Å². The van der Waals surface area contributed by atoms with Crippen molar-refractivity contribution in [2.75, 3.05) is 19.8 Å². The first-order valence-electron chi connectivity index (χ1n) is 10.1. The highest BCUT2D eigenvalue weighted by Crippen LogP contribution is 2.29. The summed E-state index contributed by atoms with van der Waals surface area (Å²) in [6.45, 7) is 1.60. The van der Waals surface area contributed by atoms with Crippen LogP contribution in [0.15, 0.2) is 47.3 Å². The number of benzene rings is 1. The van der Waals surface area contributed by atoms with Crippen LogP contribution in [0.3, 0.4) is 0 Å². The molecule has 0 bridgehead atoms. The Morgan fingerprint density at radius 2 is 1.97 bits per heavy atom. The third-order valence-electron chi connectivity index (χ3n) is 5.67. The molecule has 2 aliphatic rings. The van der Waals surface area contributed by atoms with Gasteiger partial charge in [0.2, 0.25) is 0 Å². The number of hydrogen-bond acceptors (Lipinski definition) is 4. The molecule has 7 heteroatoms. The molecule has 1 saturated heterocycles. The van der Waals surface area contributed by atoms with Gasteiger partial charge < -0.3 is 18.9 Å². The number of morpholine rings is 1. The van der Waals surface area contributed by atoms with Gasteiger partial charge in [-0.3, -0.25) is 9.59 Å². The number of aromatic nitrogens is 1. The fourth-order valence-corrected chi connectivity index (χ4v) is 4.43. The van der Waals surface area contributed by atoms with Crippen molar-refractivity contribution in [2.24, 2.45) is 0 Å². The Morgan fingerprint density at radius 3 is 2.83 bits per heavy atom. The van der Waals surface area contributed by atoms with E-state index in [1.165, 1.54) is 10.6 Å². The van der Waals surface area contributed by atoms with E-state index in [1.807, 2.05) is 17.0 Å². The molecule has 1 aliphatic heterocycles. The Morgan fingerprint density at radius 1 is 1.14 bits per heavy atom. The van der Waals surface area contributed by atoms with E-state index in [2.05, 4.69) is 0 Å². The number of hydrogen-bond donors (Lipinski definition) is 0. The summed E-state index contributed by atoms with van der Waals surface area (Å²) < 4.78 is 13.1. The highest BCUT2D eigenvalue weighted by Gasteiger charge is 2.37. The molecule has 0 N–H and O–H groups in total. The van der Waals surface area contributed by atoms with Crippen LogP contribution in [-0.4, -0.2) is 47.3 Å². The van der Waals surface area contributed by atoms with E-state index in [0.29, 0.717) is 29.6 Å². The van der Waals surface area contributed by atoms with Gasteiger partial charge in [0.1, 0.15) is 18.1 Å². The van der Waals surface area contributed by atoms with E-state index in [4.69, 9.17) is 21.1 Å². The molecule has 4 rings (SSSR count). The lowest BCUT2D eigenvalue weighted by molar-refractivity contribution is -0.0755. The Labute approximate surface area is 175 Å². The van der Waals surface area contributed by atoms with Gasteiger partial charge in [-0.25, -0.2) is 0 Å². The molecule has 1 amide bonds. The molecule has 2 aromatic rings. The van der Waals surface area contributed by atoms with Crippen molar-refractivity contribution >= 4 is 17.5 Å². The van der Waals surface area contributed by atoms with E-state index < -0.39 is 0 Å². The van der Waals surface area contributed by atoms with Crippen molar-refractivity contribution in [1.82, 2.24) is 9.47 Å². The highest BCUT2D eigenvalue weighted by molar-refractivity contribution is 6.32. The van der Waals surface area contributed by atoms with Crippen LogP contribution < -0.4 is 10.3 Å². The van der Waals surface area contributed by atoms with Gasteiger partial charge in [0.25, 0.3) is 11.5 Å². The van der Waals surface area contributed by atoms with E-state index in [-0.39, 0.29) is 36.8 Å². The normalized spacial score (nSPS) is 21.5. The number of carbonyl (C=O) groups is 1. The number of rotatable bonds is 5. The molecule has 0 spiro atoms. The quantitative estimate of drug-likeness (QED) is 0.749. The number of nitrogens with zero attached hydrogens (tertiary/aromatic N) is 2. The van der Waals surface area contributed by atoms with E-state index in [9.17, 15) is 9.59 Å². The second-order valence-corrected chi connectivity index (χ2v) is 7.85. The number of halogens is 1. The molecule has 2 fully saturated rings. The first-order valence-corrected chi connectivity index (χ1v) is 10.5. The minimum atomic E-state index is -0.216. The maximum absolute atomic E-state index is 13.4. The SMILES string of the molecule is O=C(c1cccc(=O)n1CCOc1ccccc1Cl)N1CCO[C@H]2CCCC[C@@H]21. The Bertz CT molecular complexity index is 927. The van der Waals surface area contributed by atoms with Crippen LogP contribution in [-0.2, 0) is 11.3 Å². The predicted octanol–water partition coefficient (Wildman–Crippen LogP) is 3.36. The summed E-state index contributed by atoms with van der Waals surface area (Å²) >= 11 is 6.12. The van der Waals surface area contributed by atoms with Crippen LogP contribution in [0.4, 0.5) is 0 Å². The van der Waals surface area contributed by atoms with E-state index in [0.717, 1.165) is 25.7 Å². The average molecular weight is 417 g/mol. The molecule has 2 heterocycles. The van der Waals surface area contributed by atoms with Crippen molar-refractivity contribution in [3.8, 4) is 5.75 Å². The van der Waals surface area contributed by atoms with Gasteiger partial charge in [0.15, 0.2) is 0 Å². The molecule has 0 radical (unpaired) electrons. The van der Waals surface area contributed by atoms with Gasteiger partial charge in [0, 0.05) is 12.6 Å². The van der Waals surface area contributed by atoms with Gasteiger partial charge in [0.05, 0.1) is 30.3 Å². The lowest BCUT2D eigenvalue weighted by atomic mass is 9.90. The van der Waals surface area contributed by atoms with Crippen molar-refractivity contribution in [3.05, 3.63) is 63.5 Å². The highest BCUT2D eigenvalue weighted by atomic mass is 35.5. The Hall–Kier alpha value is -2.31. The van der Waals surface area contributed by atoms with Crippen molar-refractivity contribution in [1.29, 1.82) is 0 Å². The third-order valence-corrected chi connectivity index (χ3v) is 5.98. The van der Waals surface area contributed by atoms with Crippen molar-refractivity contribution < 1.29 is 14.3 Å². The minimum Gasteiger partial charge on any atom is -0.490 e. The molecular weight excluding hydrogens is 392 g/mol. The van der Waals surface area contributed by atoms with E-state index in [1.54, 1.807) is 24.3 Å². The smallest absolute Gasteiger partial charge is 0.271 e. The molecule has 1 aliphatic carbocycles. The number of fused-ring (bicyclic) bond motifs is 1. The maximum Gasteiger partial charge on any atom is 0.271 e. The summed E-state index contributed by atoms with van der Waals surface area (Å²) in [6, 6.07) is 12.1. The van der Waals surface area contributed by atoms with Crippen LogP contribution >= 0.6 is 11.6 Å². The molecule has 1 aromatic heterocycles. The summed E-state index contributed by atoms with van der Waals surface area (Å²) in [5.74, 6) is 0.449. The summed E-state index contributed by atoms with van der Waals surface area (Å²) in [4.78, 5) is 27.8. The van der Waals surface area contributed by atoms with Gasteiger partial charge in [-0.05, 0) is 31.0 Å². The van der Waals surface area contributed by atoms with Crippen molar-refractivity contribution in [3.63, 3.8) is 0 Å². The first kappa shape index (κ1) is 20.0. The van der Waals surface area contributed by atoms with Gasteiger partial charge >= 0.3 is 0 Å². The summed E-state index contributed by atoms with van der Waals surface area (Å²) in [6.07, 6.45) is 4.28. The van der Waals surface area contributed by atoms with Crippen molar-refractivity contribution in [2.45, 2.75) is 44.4 Å². The second kappa shape index (κ2) is 9.01. The zero-order chi connectivity index (χ0) is 20.2. The number of ether oxygens (including phenoxy) is 2. The van der Waals surface area contributed by atoms with Gasteiger partial charge in [-0.2, -0.15) is 0 Å². The van der Waals surface area contributed by atoms with Crippen LogP contribution in [0.5, 0.6) is 5.75 Å². The Kier molecular flexibility index (Phi) is 6.21. The molecular formula is C22H25ClN2O4. The number of amides is 1. The number of carbonyl (C=O) groups excluding carboxylic acids is 1. The molecule has 154 valence electrons. The van der Waals surface area contributed by atoms with Crippen LogP contribution in [0.1, 0.15) is 36.2 Å². The second-order valence-electron chi connectivity index (χ2n) is 7.44. The standard InChI is InChI=1S/C22H25ClN2O4/c23-16-6-1-3-9-19(16)28-14-12-24-18(8-5-11-21(24)26)22(27)25-13-15-29-20-10-4-2-7-17(20)25/h1,3,5-6,8-9,11,17,20H,2,4,7,10,12-15H2/t17-,20-/m0/s1. The van der Waals surface area contributed by atoms with Crippen LogP contribution in [0.25, 0.3) is 0 Å².